The molecule has 0 fully saturated rings. The lowest BCUT2D eigenvalue weighted by atomic mass is 10.2. The van der Waals surface area contributed by atoms with Crippen LogP contribution in [-0.4, -0.2) is 45.6 Å². The number of benzene rings is 1. The summed E-state index contributed by atoms with van der Waals surface area (Å²) in [5.74, 6) is 1.96. The van der Waals surface area contributed by atoms with Gasteiger partial charge in [-0.05, 0) is 55.8 Å². The lowest BCUT2D eigenvalue weighted by molar-refractivity contribution is 0.0955. The quantitative estimate of drug-likeness (QED) is 0.473. The molecule has 0 unspecified atom stereocenters. The highest BCUT2D eigenvalue weighted by Gasteiger charge is 2.06. The molecule has 0 radical (unpaired) electrons. The van der Waals surface area contributed by atoms with E-state index in [2.05, 4.69) is 32.9 Å². The maximum atomic E-state index is 12.3. The van der Waals surface area contributed by atoms with Gasteiger partial charge in [0, 0.05) is 24.8 Å². The van der Waals surface area contributed by atoms with Crippen LogP contribution in [0.2, 0.25) is 0 Å². The number of rotatable bonds is 11. The molecular weight excluding hydrogens is 380 g/mol. The molecule has 2 heterocycles. The van der Waals surface area contributed by atoms with E-state index in [0.29, 0.717) is 36.9 Å². The highest BCUT2D eigenvalue weighted by atomic mass is 16.5. The number of ether oxygens (including phenoxy) is 1. The molecule has 1 aromatic carbocycles. The first kappa shape index (κ1) is 21.3. The molecule has 2 N–H and O–H groups in total. The summed E-state index contributed by atoms with van der Waals surface area (Å²) in [6.07, 6.45) is 5.21. The molecule has 0 aliphatic carbocycles. The van der Waals surface area contributed by atoms with Crippen molar-refractivity contribution in [2.45, 2.75) is 33.1 Å². The molecule has 0 atom stereocenters. The summed E-state index contributed by atoms with van der Waals surface area (Å²) in [6.45, 7) is 5.80. The minimum atomic E-state index is -0.121. The third-order valence-corrected chi connectivity index (χ3v) is 4.46. The Hall–Kier alpha value is -3.42. The van der Waals surface area contributed by atoms with Crippen molar-refractivity contribution in [3.63, 3.8) is 0 Å². The Bertz CT molecular complexity index is 922. The average molecular weight is 409 g/mol. The fourth-order valence-electron chi connectivity index (χ4n) is 2.80. The van der Waals surface area contributed by atoms with Crippen molar-refractivity contribution < 1.29 is 9.53 Å². The second kappa shape index (κ2) is 10.9. The van der Waals surface area contributed by atoms with Gasteiger partial charge in [0.05, 0.1) is 12.3 Å². The van der Waals surface area contributed by atoms with Crippen molar-refractivity contribution >= 4 is 11.7 Å². The highest BCUT2D eigenvalue weighted by Crippen LogP contribution is 2.13. The van der Waals surface area contributed by atoms with E-state index in [-0.39, 0.29) is 5.91 Å². The van der Waals surface area contributed by atoms with Crippen LogP contribution >= 0.6 is 0 Å². The lowest BCUT2D eigenvalue weighted by Crippen LogP contribution is -2.28. The molecule has 0 spiro atoms. The van der Waals surface area contributed by atoms with Gasteiger partial charge in [-0.15, -0.1) is 10.2 Å². The Morgan fingerprint density at radius 1 is 1.03 bits per heavy atom. The minimum Gasteiger partial charge on any atom is -0.494 e. The van der Waals surface area contributed by atoms with Gasteiger partial charge < -0.3 is 15.4 Å². The monoisotopic (exact) mass is 408 g/mol. The van der Waals surface area contributed by atoms with Crippen LogP contribution in [0.3, 0.4) is 0 Å². The van der Waals surface area contributed by atoms with Gasteiger partial charge in [-0.3, -0.25) is 4.79 Å². The number of carbonyl (C=O) groups is 1. The standard InChI is InChI=1S/C22H28N6O2/c1-3-4-5-16-30-19-8-6-18(7-9-19)22(29)24-14-13-23-20-10-11-21(26-25-20)28-15-12-17(2)27-28/h6-12,15H,3-5,13-14,16H2,1-2H3,(H,23,25)(H,24,29). The van der Waals surface area contributed by atoms with E-state index in [1.54, 1.807) is 16.8 Å². The Morgan fingerprint density at radius 2 is 1.87 bits per heavy atom. The second-order valence-corrected chi connectivity index (χ2v) is 6.94. The summed E-state index contributed by atoms with van der Waals surface area (Å²) >= 11 is 0. The summed E-state index contributed by atoms with van der Waals surface area (Å²) in [6, 6.07) is 12.8. The number of unbranched alkanes of at least 4 members (excludes halogenated alkanes) is 2. The smallest absolute Gasteiger partial charge is 0.251 e. The zero-order chi connectivity index (χ0) is 21.2. The number of aromatic nitrogens is 4. The number of nitrogens with one attached hydrogen (secondary N) is 2. The van der Waals surface area contributed by atoms with Gasteiger partial charge in [0.1, 0.15) is 11.6 Å². The zero-order valence-electron chi connectivity index (χ0n) is 17.5. The third kappa shape index (κ3) is 6.30. The predicted molar refractivity (Wildman–Crippen MR) is 116 cm³/mol. The Balaban J connectivity index is 1.38. The number of carbonyl (C=O) groups excluding carboxylic acids is 1. The van der Waals surface area contributed by atoms with Gasteiger partial charge in [-0.25, -0.2) is 4.68 Å². The molecule has 8 heteroatoms. The van der Waals surface area contributed by atoms with Crippen LogP contribution < -0.4 is 15.4 Å². The number of amides is 1. The van der Waals surface area contributed by atoms with E-state index in [4.69, 9.17) is 4.74 Å². The second-order valence-electron chi connectivity index (χ2n) is 6.94. The van der Waals surface area contributed by atoms with Crippen molar-refractivity contribution in [3.05, 3.63) is 59.9 Å². The largest absolute Gasteiger partial charge is 0.494 e. The Morgan fingerprint density at radius 3 is 2.53 bits per heavy atom. The first-order valence-electron chi connectivity index (χ1n) is 10.3. The Labute approximate surface area is 176 Å². The summed E-state index contributed by atoms with van der Waals surface area (Å²) < 4.78 is 7.34. The SMILES string of the molecule is CCCCCOc1ccc(C(=O)NCCNc2ccc(-n3ccc(C)n3)nn2)cc1. The summed E-state index contributed by atoms with van der Waals surface area (Å²) in [5, 5.41) is 18.6. The van der Waals surface area contributed by atoms with E-state index >= 15 is 0 Å². The molecule has 0 aliphatic heterocycles. The molecule has 1 amide bonds. The highest BCUT2D eigenvalue weighted by molar-refractivity contribution is 5.94. The minimum absolute atomic E-state index is 0.121. The van der Waals surface area contributed by atoms with Gasteiger partial charge in [0.15, 0.2) is 5.82 Å². The molecular formula is C22H28N6O2. The number of aryl methyl sites for hydroxylation is 1. The number of anilines is 1. The molecule has 2 aromatic heterocycles. The molecule has 0 saturated carbocycles. The van der Waals surface area contributed by atoms with Crippen molar-refractivity contribution in [3.8, 4) is 11.6 Å². The summed E-state index contributed by atoms with van der Waals surface area (Å²) in [7, 11) is 0. The third-order valence-electron chi connectivity index (χ3n) is 4.46. The van der Waals surface area contributed by atoms with Crippen LogP contribution in [0.25, 0.3) is 5.82 Å². The fourth-order valence-corrected chi connectivity index (χ4v) is 2.80. The van der Waals surface area contributed by atoms with Gasteiger partial charge in [-0.1, -0.05) is 19.8 Å². The molecule has 0 saturated heterocycles. The van der Waals surface area contributed by atoms with Crippen molar-refractivity contribution in [1.82, 2.24) is 25.3 Å². The summed E-state index contributed by atoms with van der Waals surface area (Å²) in [5.41, 5.74) is 1.53. The first-order chi connectivity index (χ1) is 14.7. The molecule has 30 heavy (non-hydrogen) atoms. The van der Waals surface area contributed by atoms with E-state index in [0.717, 1.165) is 24.3 Å². The van der Waals surface area contributed by atoms with Crippen molar-refractivity contribution in [2.24, 2.45) is 0 Å². The first-order valence-corrected chi connectivity index (χ1v) is 10.3. The van der Waals surface area contributed by atoms with E-state index in [9.17, 15) is 4.79 Å². The van der Waals surface area contributed by atoms with Crippen LogP contribution in [0.15, 0.2) is 48.7 Å². The fraction of sp³-hybridized carbons (Fsp3) is 0.364. The van der Waals surface area contributed by atoms with Gasteiger partial charge in [0.2, 0.25) is 0 Å². The van der Waals surface area contributed by atoms with Crippen LogP contribution in [0.4, 0.5) is 5.82 Å². The molecule has 158 valence electrons. The zero-order valence-corrected chi connectivity index (χ0v) is 17.5. The van der Waals surface area contributed by atoms with Gasteiger partial charge >= 0.3 is 0 Å². The number of nitrogens with zero attached hydrogens (tertiary/aromatic N) is 4. The molecule has 8 nitrogen and oxygen atoms in total. The van der Waals surface area contributed by atoms with Crippen molar-refractivity contribution in [1.29, 1.82) is 0 Å². The molecule has 0 aliphatic rings. The maximum Gasteiger partial charge on any atom is 0.251 e. The number of hydrogen-bond acceptors (Lipinski definition) is 6. The molecule has 3 rings (SSSR count). The maximum absolute atomic E-state index is 12.3. The lowest BCUT2D eigenvalue weighted by Gasteiger charge is -2.09. The van der Waals surface area contributed by atoms with Crippen LogP contribution in [0.1, 0.15) is 42.2 Å². The van der Waals surface area contributed by atoms with Gasteiger partial charge in [0.25, 0.3) is 5.91 Å². The van der Waals surface area contributed by atoms with Crippen LogP contribution in [-0.2, 0) is 0 Å². The summed E-state index contributed by atoms with van der Waals surface area (Å²) in [4.78, 5) is 12.3. The van der Waals surface area contributed by atoms with Crippen molar-refractivity contribution in [2.75, 3.05) is 25.0 Å². The van der Waals surface area contributed by atoms with E-state index < -0.39 is 0 Å². The molecule has 3 aromatic rings. The van der Waals surface area contributed by atoms with E-state index in [1.165, 1.54) is 6.42 Å². The molecule has 0 bridgehead atoms. The van der Waals surface area contributed by atoms with E-state index in [1.807, 2.05) is 43.5 Å². The number of hydrogen-bond donors (Lipinski definition) is 2. The average Bonchev–Trinajstić information content (AvgIpc) is 3.21. The van der Waals surface area contributed by atoms with Crippen LogP contribution in [0, 0.1) is 6.92 Å². The van der Waals surface area contributed by atoms with Gasteiger partial charge in [-0.2, -0.15) is 5.10 Å². The predicted octanol–water partition coefficient (Wildman–Crippen LogP) is 3.38. The normalized spacial score (nSPS) is 10.6. The topological polar surface area (TPSA) is 94.0 Å². The van der Waals surface area contributed by atoms with Crippen LogP contribution in [0.5, 0.6) is 5.75 Å². The Kier molecular flexibility index (Phi) is 7.77.